The van der Waals surface area contributed by atoms with Gasteiger partial charge in [0.1, 0.15) is 37.2 Å². The van der Waals surface area contributed by atoms with Gasteiger partial charge in [-0.15, -0.1) is 0 Å². The summed E-state index contributed by atoms with van der Waals surface area (Å²) < 4.78 is 16.0. The second-order valence-electron chi connectivity index (χ2n) is 5.68. The Morgan fingerprint density at radius 3 is 2.68 bits per heavy atom. The lowest BCUT2D eigenvalue weighted by molar-refractivity contribution is -0.307. The molecule has 0 fully saturated rings. The Morgan fingerprint density at radius 2 is 1.93 bits per heavy atom. The van der Waals surface area contributed by atoms with Crippen LogP contribution in [0.1, 0.15) is 5.56 Å². The molecule has 1 N–H and O–H groups in total. The molecule has 0 bridgehead atoms. The number of ether oxygens (including phenoxy) is 3. The van der Waals surface area contributed by atoms with E-state index in [2.05, 4.69) is 5.32 Å². The molecular formula is C20H15N2O6-. The van der Waals surface area contributed by atoms with Crippen LogP contribution < -0.4 is 24.6 Å². The fourth-order valence-corrected chi connectivity index (χ4v) is 2.49. The summed E-state index contributed by atoms with van der Waals surface area (Å²) in [5, 5.41) is 22.6. The predicted molar refractivity (Wildman–Crippen MR) is 96.6 cm³/mol. The summed E-state index contributed by atoms with van der Waals surface area (Å²) in [5.41, 5.74) is 0.647. The number of carboxylic acids is 1. The average molecular weight is 379 g/mol. The number of carbonyl (C=O) groups excluding carboxylic acids is 2. The van der Waals surface area contributed by atoms with Crippen molar-refractivity contribution in [1.82, 2.24) is 0 Å². The summed E-state index contributed by atoms with van der Waals surface area (Å²) in [7, 11) is 0. The highest BCUT2D eigenvalue weighted by atomic mass is 16.6. The largest absolute Gasteiger partial charge is 0.546 e. The van der Waals surface area contributed by atoms with Crippen LogP contribution in [0.5, 0.6) is 17.2 Å². The second kappa shape index (κ2) is 8.60. The smallest absolute Gasteiger partial charge is 0.266 e. The molecule has 1 amide bonds. The molecule has 1 aliphatic heterocycles. The van der Waals surface area contributed by atoms with Gasteiger partial charge in [0, 0.05) is 17.3 Å². The van der Waals surface area contributed by atoms with Gasteiger partial charge >= 0.3 is 0 Å². The summed E-state index contributed by atoms with van der Waals surface area (Å²) in [6.45, 7) is 0.228. The van der Waals surface area contributed by atoms with Crippen LogP contribution in [0.15, 0.2) is 48.0 Å². The number of hydrogen-bond acceptors (Lipinski definition) is 7. The Kier molecular flexibility index (Phi) is 5.77. The lowest BCUT2D eigenvalue weighted by Crippen LogP contribution is -2.29. The van der Waals surface area contributed by atoms with E-state index in [-0.39, 0.29) is 11.3 Å². The number of carboxylic acid groups (broad SMARTS) is 1. The molecule has 0 unspecified atom stereocenters. The monoisotopic (exact) mass is 379 g/mol. The van der Waals surface area contributed by atoms with Gasteiger partial charge in [-0.2, -0.15) is 5.26 Å². The zero-order valence-corrected chi connectivity index (χ0v) is 14.6. The number of anilines is 1. The van der Waals surface area contributed by atoms with Crippen molar-refractivity contribution < 1.29 is 28.9 Å². The molecule has 0 aliphatic carbocycles. The van der Waals surface area contributed by atoms with Crippen molar-refractivity contribution in [3.8, 4) is 23.3 Å². The molecule has 0 spiro atoms. The minimum Gasteiger partial charge on any atom is -0.546 e. The van der Waals surface area contributed by atoms with Gasteiger partial charge in [0.15, 0.2) is 11.5 Å². The fourth-order valence-electron chi connectivity index (χ4n) is 2.49. The van der Waals surface area contributed by atoms with E-state index in [1.165, 1.54) is 12.1 Å². The lowest BCUT2D eigenvalue weighted by atomic mass is 10.1. The molecule has 0 saturated carbocycles. The quantitative estimate of drug-likeness (QED) is 0.590. The molecule has 0 atom stereocenters. The van der Waals surface area contributed by atoms with Crippen molar-refractivity contribution in [2.24, 2.45) is 0 Å². The Labute approximate surface area is 160 Å². The molecule has 1 aliphatic rings. The standard InChI is InChI=1S/C20H16N2O6/c21-11-14(9-13-3-1-2-4-16(13)28-12-19(23)24)20(25)22-15-5-6-17-18(10-15)27-8-7-26-17/h1-6,9-10H,7-8,12H2,(H,22,25)(H,23,24)/p-1/b14-9+. The van der Waals surface area contributed by atoms with Gasteiger partial charge in [0.05, 0.1) is 5.97 Å². The summed E-state index contributed by atoms with van der Waals surface area (Å²) in [5.74, 6) is -0.706. The van der Waals surface area contributed by atoms with Gasteiger partial charge in [0.2, 0.25) is 0 Å². The third-order valence-corrected chi connectivity index (χ3v) is 3.73. The van der Waals surface area contributed by atoms with Gasteiger partial charge in [-0.25, -0.2) is 0 Å². The molecular weight excluding hydrogens is 364 g/mol. The summed E-state index contributed by atoms with van der Waals surface area (Å²) in [6, 6.07) is 13.2. The van der Waals surface area contributed by atoms with Gasteiger partial charge < -0.3 is 29.4 Å². The molecule has 3 rings (SSSR count). The average Bonchev–Trinajstić information content (AvgIpc) is 2.71. The van der Waals surface area contributed by atoms with Crippen LogP contribution in [-0.4, -0.2) is 31.7 Å². The van der Waals surface area contributed by atoms with E-state index in [1.807, 2.05) is 6.07 Å². The summed E-state index contributed by atoms with van der Waals surface area (Å²) >= 11 is 0. The SMILES string of the molecule is N#C/C(=C\c1ccccc1OCC(=O)[O-])C(=O)Nc1ccc2c(c1)OCCO2. The molecule has 8 nitrogen and oxygen atoms in total. The van der Waals surface area contributed by atoms with Gasteiger partial charge in [0.25, 0.3) is 5.91 Å². The van der Waals surface area contributed by atoms with Crippen LogP contribution in [0, 0.1) is 11.3 Å². The summed E-state index contributed by atoms with van der Waals surface area (Å²) in [4.78, 5) is 23.1. The number of nitrogens with one attached hydrogen (secondary N) is 1. The van der Waals surface area contributed by atoms with Crippen molar-refractivity contribution in [2.75, 3.05) is 25.1 Å². The molecule has 142 valence electrons. The highest BCUT2D eigenvalue weighted by Crippen LogP contribution is 2.32. The van der Waals surface area contributed by atoms with Crippen molar-refractivity contribution in [1.29, 1.82) is 5.26 Å². The number of aliphatic carboxylic acids is 1. The number of hydrogen-bond donors (Lipinski definition) is 1. The van der Waals surface area contributed by atoms with Crippen molar-refractivity contribution >= 4 is 23.6 Å². The number of rotatable bonds is 6. The predicted octanol–water partition coefficient (Wildman–Crippen LogP) is 1.13. The van der Waals surface area contributed by atoms with E-state index in [9.17, 15) is 20.0 Å². The van der Waals surface area contributed by atoms with E-state index in [1.54, 1.807) is 36.4 Å². The number of fused-ring (bicyclic) bond motifs is 1. The van der Waals surface area contributed by atoms with Crippen LogP contribution in [0.4, 0.5) is 5.69 Å². The van der Waals surface area contributed by atoms with Gasteiger partial charge in [-0.3, -0.25) is 4.79 Å². The molecule has 8 heteroatoms. The first-order valence-corrected chi connectivity index (χ1v) is 8.31. The number of carbonyl (C=O) groups is 2. The lowest BCUT2D eigenvalue weighted by Gasteiger charge is -2.19. The van der Waals surface area contributed by atoms with Gasteiger partial charge in [-0.1, -0.05) is 18.2 Å². The first-order chi connectivity index (χ1) is 13.6. The fraction of sp³-hybridized carbons (Fsp3) is 0.150. The highest BCUT2D eigenvalue weighted by Gasteiger charge is 2.15. The molecule has 0 aromatic heterocycles. The van der Waals surface area contributed by atoms with Crippen LogP contribution in [0.3, 0.4) is 0 Å². The molecule has 1 heterocycles. The number of benzene rings is 2. The van der Waals surface area contributed by atoms with Crippen molar-refractivity contribution in [3.05, 3.63) is 53.6 Å². The van der Waals surface area contributed by atoms with Gasteiger partial charge in [-0.05, 0) is 24.3 Å². The van der Waals surface area contributed by atoms with E-state index >= 15 is 0 Å². The summed E-state index contributed by atoms with van der Waals surface area (Å²) in [6.07, 6.45) is 1.32. The van der Waals surface area contributed by atoms with E-state index in [0.717, 1.165) is 0 Å². The maximum absolute atomic E-state index is 12.5. The Hall–Kier alpha value is -3.99. The Balaban J connectivity index is 1.79. The minimum atomic E-state index is -1.38. The molecule has 2 aromatic rings. The van der Waals surface area contributed by atoms with Crippen LogP contribution in [-0.2, 0) is 9.59 Å². The topological polar surface area (TPSA) is 121 Å². The van der Waals surface area contributed by atoms with Crippen LogP contribution >= 0.6 is 0 Å². The van der Waals surface area contributed by atoms with E-state index in [0.29, 0.717) is 36.0 Å². The molecule has 0 saturated heterocycles. The molecule has 0 radical (unpaired) electrons. The molecule has 28 heavy (non-hydrogen) atoms. The maximum atomic E-state index is 12.5. The zero-order chi connectivity index (χ0) is 19.9. The van der Waals surface area contributed by atoms with Crippen molar-refractivity contribution in [3.63, 3.8) is 0 Å². The zero-order valence-electron chi connectivity index (χ0n) is 14.6. The maximum Gasteiger partial charge on any atom is 0.266 e. The van der Waals surface area contributed by atoms with E-state index < -0.39 is 18.5 Å². The number of para-hydroxylation sites is 1. The normalized spacial score (nSPS) is 12.6. The highest BCUT2D eigenvalue weighted by molar-refractivity contribution is 6.10. The Morgan fingerprint density at radius 1 is 1.18 bits per heavy atom. The number of nitrogens with zero attached hydrogens (tertiary/aromatic N) is 1. The van der Waals surface area contributed by atoms with E-state index in [4.69, 9.17) is 14.2 Å². The first-order valence-electron chi connectivity index (χ1n) is 8.31. The first kappa shape index (κ1) is 18.8. The second-order valence-corrected chi connectivity index (χ2v) is 5.68. The number of nitriles is 1. The van der Waals surface area contributed by atoms with Crippen LogP contribution in [0.25, 0.3) is 6.08 Å². The van der Waals surface area contributed by atoms with Crippen molar-refractivity contribution in [2.45, 2.75) is 0 Å². The third-order valence-electron chi connectivity index (χ3n) is 3.73. The molecule has 2 aromatic carbocycles. The Bertz CT molecular complexity index is 977. The minimum absolute atomic E-state index is 0.181. The number of amides is 1. The third kappa shape index (κ3) is 4.59. The van der Waals surface area contributed by atoms with Crippen LogP contribution in [0.2, 0.25) is 0 Å².